The molecule has 0 spiro atoms. The second kappa shape index (κ2) is 8.72. The maximum atomic E-state index is 13.8. The molecule has 0 atom stereocenters. The third kappa shape index (κ3) is 5.36. The fourth-order valence-corrected chi connectivity index (χ4v) is 2.24. The molecule has 4 nitrogen and oxygen atoms in total. The standard InChI is InChI=1S/C19H21ClFNO3/c1-4-24-18-9-13(5-8-17(18)25-11-12(2)3)19(23)22-16-7-6-14(20)10-15(16)21/h5-10,12H,4,11H2,1-3H3,(H,22,23). The predicted molar refractivity (Wildman–Crippen MR) is 97.3 cm³/mol. The fraction of sp³-hybridized carbons (Fsp3) is 0.316. The molecular formula is C19H21ClFNO3. The normalized spacial score (nSPS) is 10.6. The number of nitrogens with one attached hydrogen (secondary N) is 1. The third-order valence-corrected chi connectivity index (χ3v) is 3.49. The van der Waals surface area contributed by atoms with Gasteiger partial charge in [-0.1, -0.05) is 25.4 Å². The lowest BCUT2D eigenvalue weighted by atomic mass is 10.1. The van der Waals surface area contributed by atoms with Crippen LogP contribution in [0.15, 0.2) is 36.4 Å². The van der Waals surface area contributed by atoms with Crippen LogP contribution in [0.1, 0.15) is 31.1 Å². The summed E-state index contributed by atoms with van der Waals surface area (Å²) in [5, 5.41) is 2.79. The number of anilines is 1. The van der Waals surface area contributed by atoms with Crippen LogP contribution in [-0.2, 0) is 0 Å². The summed E-state index contributed by atoms with van der Waals surface area (Å²) in [5.74, 6) is 0.378. The van der Waals surface area contributed by atoms with Gasteiger partial charge in [-0.05, 0) is 49.2 Å². The highest BCUT2D eigenvalue weighted by atomic mass is 35.5. The van der Waals surface area contributed by atoms with Gasteiger partial charge in [0.25, 0.3) is 5.91 Å². The molecule has 2 aromatic carbocycles. The van der Waals surface area contributed by atoms with E-state index in [0.29, 0.717) is 36.2 Å². The highest BCUT2D eigenvalue weighted by molar-refractivity contribution is 6.30. The van der Waals surface area contributed by atoms with Crippen LogP contribution in [0, 0.1) is 11.7 Å². The van der Waals surface area contributed by atoms with E-state index in [9.17, 15) is 9.18 Å². The van der Waals surface area contributed by atoms with E-state index < -0.39 is 11.7 Å². The van der Waals surface area contributed by atoms with Crippen LogP contribution < -0.4 is 14.8 Å². The first-order valence-corrected chi connectivity index (χ1v) is 8.44. The average molecular weight is 366 g/mol. The van der Waals surface area contributed by atoms with Crippen molar-refractivity contribution in [2.75, 3.05) is 18.5 Å². The summed E-state index contributed by atoms with van der Waals surface area (Å²) in [6.45, 7) is 6.92. The molecule has 0 unspecified atom stereocenters. The maximum absolute atomic E-state index is 13.8. The van der Waals surface area contributed by atoms with Gasteiger partial charge in [-0.25, -0.2) is 4.39 Å². The van der Waals surface area contributed by atoms with E-state index >= 15 is 0 Å². The predicted octanol–water partition coefficient (Wildman–Crippen LogP) is 5.16. The Morgan fingerprint density at radius 1 is 1.16 bits per heavy atom. The van der Waals surface area contributed by atoms with E-state index in [0.717, 1.165) is 6.07 Å². The summed E-state index contributed by atoms with van der Waals surface area (Å²) in [4.78, 5) is 12.4. The lowest BCUT2D eigenvalue weighted by Crippen LogP contribution is -2.13. The summed E-state index contributed by atoms with van der Waals surface area (Å²) < 4.78 is 25.1. The third-order valence-electron chi connectivity index (χ3n) is 3.26. The summed E-state index contributed by atoms with van der Waals surface area (Å²) >= 11 is 5.71. The molecule has 1 amide bonds. The number of amides is 1. The summed E-state index contributed by atoms with van der Waals surface area (Å²) in [7, 11) is 0. The van der Waals surface area contributed by atoms with Crippen molar-refractivity contribution in [3.05, 3.63) is 52.8 Å². The molecule has 25 heavy (non-hydrogen) atoms. The number of benzene rings is 2. The quantitative estimate of drug-likeness (QED) is 0.736. The highest BCUT2D eigenvalue weighted by Gasteiger charge is 2.14. The Labute approximate surface area is 151 Å². The highest BCUT2D eigenvalue weighted by Crippen LogP contribution is 2.29. The van der Waals surface area contributed by atoms with Crippen molar-refractivity contribution in [3.8, 4) is 11.5 Å². The SMILES string of the molecule is CCOc1cc(C(=O)Nc2ccc(Cl)cc2F)ccc1OCC(C)C. The maximum Gasteiger partial charge on any atom is 0.255 e. The van der Waals surface area contributed by atoms with Crippen molar-refractivity contribution >= 4 is 23.2 Å². The number of hydrogen-bond donors (Lipinski definition) is 1. The molecule has 0 heterocycles. The van der Waals surface area contributed by atoms with Crippen LogP contribution >= 0.6 is 11.6 Å². The van der Waals surface area contributed by atoms with Crippen molar-refractivity contribution in [2.45, 2.75) is 20.8 Å². The second-order valence-electron chi connectivity index (χ2n) is 5.88. The molecule has 0 saturated carbocycles. The van der Waals surface area contributed by atoms with Crippen LogP contribution in [0.25, 0.3) is 0 Å². The summed E-state index contributed by atoms with van der Waals surface area (Å²) in [6.07, 6.45) is 0. The monoisotopic (exact) mass is 365 g/mol. The first kappa shape index (κ1) is 19.1. The Balaban J connectivity index is 2.19. The van der Waals surface area contributed by atoms with Crippen LogP contribution in [0.4, 0.5) is 10.1 Å². The van der Waals surface area contributed by atoms with Gasteiger partial charge in [-0.15, -0.1) is 0 Å². The first-order chi connectivity index (χ1) is 11.9. The lowest BCUT2D eigenvalue weighted by Gasteiger charge is -2.14. The molecule has 134 valence electrons. The zero-order valence-electron chi connectivity index (χ0n) is 14.4. The van der Waals surface area contributed by atoms with Crippen molar-refractivity contribution in [3.63, 3.8) is 0 Å². The van der Waals surface area contributed by atoms with E-state index in [4.69, 9.17) is 21.1 Å². The zero-order valence-corrected chi connectivity index (χ0v) is 15.2. The molecule has 0 saturated heterocycles. The average Bonchev–Trinajstić information content (AvgIpc) is 2.56. The van der Waals surface area contributed by atoms with Crippen LogP contribution in [-0.4, -0.2) is 19.1 Å². The Bertz CT molecular complexity index is 749. The van der Waals surface area contributed by atoms with Gasteiger partial charge in [0.15, 0.2) is 11.5 Å². The van der Waals surface area contributed by atoms with Crippen LogP contribution in [0.3, 0.4) is 0 Å². The molecule has 6 heteroatoms. The number of ether oxygens (including phenoxy) is 2. The summed E-state index contributed by atoms with van der Waals surface area (Å²) in [6, 6.07) is 8.95. The van der Waals surface area contributed by atoms with Gasteiger partial charge in [-0.3, -0.25) is 4.79 Å². The number of carbonyl (C=O) groups is 1. The second-order valence-corrected chi connectivity index (χ2v) is 6.31. The molecule has 0 aliphatic carbocycles. The van der Waals surface area contributed by atoms with Gasteiger partial charge >= 0.3 is 0 Å². The van der Waals surface area contributed by atoms with Gasteiger partial charge in [0, 0.05) is 10.6 Å². The number of carbonyl (C=O) groups excluding carboxylic acids is 1. The van der Waals surface area contributed by atoms with E-state index in [1.807, 2.05) is 20.8 Å². The molecule has 2 aromatic rings. The molecule has 2 rings (SSSR count). The number of rotatable bonds is 7. The molecular weight excluding hydrogens is 345 g/mol. The van der Waals surface area contributed by atoms with Gasteiger partial charge in [0.05, 0.1) is 18.9 Å². The van der Waals surface area contributed by atoms with Crippen molar-refractivity contribution in [1.82, 2.24) is 0 Å². The van der Waals surface area contributed by atoms with Gasteiger partial charge < -0.3 is 14.8 Å². The molecule has 0 aliphatic heterocycles. The minimum atomic E-state index is -0.595. The number of halogens is 2. The summed E-state index contributed by atoms with van der Waals surface area (Å²) in [5.41, 5.74) is 0.405. The lowest BCUT2D eigenvalue weighted by molar-refractivity contribution is 0.102. The van der Waals surface area contributed by atoms with Crippen molar-refractivity contribution in [2.24, 2.45) is 5.92 Å². The Morgan fingerprint density at radius 3 is 2.56 bits per heavy atom. The van der Waals surface area contributed by atoms with E-state index in [-0.39, 0.29) is 10.7 Å². The van der Waals surface area contributed by atoms with Crippen LogP contribution in [0.2, 0.25) is 5.02 Å². The Morgan fingerprint density at radius 2 is 1.92 bits per heavy atom. The van der Waals surface area contributed by atoms with Gasteiger partial charge in [0.1, 0.15) is 5.82 Å². The van der Waals surface area contributed by atoms with Crippen molar-refractivity contribution in [1.29, 1.82) is 0 Å². The van der Waals surface area contributed by atoms with E-state index in [1.54, 1.807) is 18.2 Å². The Hall–Kier alpha value is -2.27. The molecule has 0 aliphatic rings. The first-order valence-electron chi connectivity index (χ1n) is 8.06. The largest absolute Gasteiger partial charge is 0.490 e. The number of hydrogen-bond acceptors (Lipinski definition) is 3. The van der Waals surface area contributed by atoms with Gasteiger partial charge in [-0.2, -0.15) is 0 Å². The van der Waals surface area contributed by atoms with Gasteiger partial charge in [0.2, 0.25) is 0 Å². The minimum Gasteiger partial charge on any atom is -0.490 e. The van der Waals surface area contributed by atoms with Crippen LogP contribution in [0.5, 0.6) is 11.5 Å². The molecule has 1 N–H and O–H groups in total. The smallest absolute Gasteiger partial charge is 0.255 e. The molecule has 0 aromatic heterocycles. The minimum absolute atomic E-state index is 0.0625. The van der Waals surface area contributed by atoms with Crippen molar-refractivity contribution < 1.29 is 18.7 Å². The zero-order chi connectivity index (χ0) is 18.4. The molecule has 0 fully saturated rings. The fourth-order valence-electron chi connectivity index (χ4n) is 2.08. The topological polar surface area (TPSA) is 47.6 Å². The Kier molecular flexibility index (Phi) is 6.65. The molecule has 0 bridgehead atoms. The molecule has 0 radical (unpaired) electrons. The van der Waals surface area contributed by atoms with E-state index in [1.165, 1.54) is 12.1 Å². The van der Waals surface area contributed by atoms with E-state index in [2.05, 4.69) is 5.32 Å².